The molecule has 0 aliphatic heterocycles. The van der Waals surface area contributed by atoms with E-state index in [1.807, 2.05) is 45.3 Å². The van der Waals surface area contributed by atoms with Crippen molar-refractivity contribution in [2.75, 3.05) is 0 Å². The molecule has 49 heavy (non-hydrogen) atoms. The molecule has 0 spiro atoms. The fraction of sp³-hybridized carbons (Fsp3) is 0.381. The SMILES string of the molecule is CC(C)(C)c1c2cc(-c3ccc(-c4cc5c(C(C)(C)C)c6sccc6c(C(C)(C)C)c5s4)c4nsnc34)sc2c(C(C)(C)C)c2ccsc12. The summed E-state index contributed by atoms with van der Waals surface area (Å²) in [6.07, 6.45) is 0. The van der Waals surface area contributed by atoms with Gasteiger partial charge in [0, 0.05) is 39.7 Å². The summed E-state index contributed by atoms with van der Waals surface area (Å²) in [5.74, 6) is 0. The van der Waals surface area contributed by atoms with E-state index in [1.54, 1.807) is 0 Å². The number of nitrogens with zero attached hydrogens (tertiary/aromatic N) is 2. The fourth-order valence-corrected chi connectivity index (χ4v) is 13.8. The monoisotopic (exact) mass is 736 g/mol. The van der Waals surface area contributed by atoms with Crippen LogP contribution in [0.2, 0.25) is 0 Å². The Kier molecular flexibility index (Phi) is 7.45. The van der Waals surface area contributed by atoms with Crippen molar-refractivity contribution in [3.63, 3.8) is 0 Å². The van der Waals surface area contributed by atoms with Gasteiger partial charge in [-0.3, -0.25) is 0 Å². The molecule has 7 heteroatoms. The van der Waals surface area contributed by atoms with Crippen molar-refractivity contribution in [1.82, 2.24) is 8.75 Å². The van der Waals surface area contributed by atoms with Gasteiger partial charge in [0.1, 0.15) is 11.0 Å². The molecule has 8 aromatic rings. The maximum absolute atomic E-state index is 4.99. The maximum Gasteiger partial charge on any atom is 0.114 e. The van der Waals surface area contributed by atoms with Crippen molar-refractivity contribution in [2.45, 2.75) is 105 Å². The van der Waals surface area contributed by atoms with Crippen LogP contribution in [-0.2, 0) is 21.7 Å². The molecule has 0 aliphatic carbocycles. The number of fused-ring (bicyclic) bond motifs is 5. The van der Waals surface area contributed by atoms with E-state index in [1.165, 1.54) is 95.2 Å². The second-order valence-corrected chi connectivity index (χ2v) is 22.1. The van der Waals surface area contributed by atoms with Crippen LogP contribution in [0.3, 0.4) is 0 Å². The van der Waals surface area contributed by atoms with Gasteiger partial charge in [0.15, 0.2) is 0 Å². The summed E-state index contributed by atoms with van der Waals surface area (Å²) in [4.78, 5) is 2.55. The summed E-state index contributed by atoms with van der Waals surface area (Å²) < 4.78 is 15.7. The van der Waals surface area contributed by atoms with Gasteiger partial charge >= 0.3 is 0 Å². The molecular formula is C42H44N2S5. The minimum Gasteiger partial charge on any atom is -0.172 e. The largest absolute Gasteiger partial charge is 0.172 e. The molecule has 0 radical (unpaired) electrons. The third-order valence-electron chi connectivity index (χ3n) is 9.73. The van der Waals surface area contributed by atoms with Crippen LogP contribution in [-0.4, -0.2) is 8.75 Å². The van der Waals surface area contributed by atoms with Gasteiger partial charge in [-0.15, -0.1) is 45.3 Å². The lowest BCUT2D eigenvalue weighted by molar-refractivity contribution is 0.595. The molecule has 0 fully saturated rings. The molecule has 2 nitrogen and oxygen atoms in total. The summed E-state index contributed by atoms with van der Waals surface area (Å²) in [6.45, 7) is 28.3. The van der Waals surface area contributed by atoms with Crippen molar-refractivity contribution in [2.24, 2.45) is 0 Å². The van der Waals surface area contributed by atoms with Crippen molar-refractivity contribution >= 4 is 108 Å². The number of benzene rings is 3. The third-order valence-corrected chi connectivity index (χ3v) is 14.5. The Morgan fingerprint density at radius 1 is 0.429 bits per heavy atom. The number of aromatic nitrogens is 2. The lowest BCUT2D eigenvalue weighted by atomic mass is 9.78. The van der Waals surface area contributed by atoms with Crippen LogP contribution in [0.5, 0.6) is 0 Å². The highest BCUT2D eigenvalue weighted by atomic mass is 32.1. The number of hydrogen-bond acceptors (Lipinski definition) is 7. The molecule has 0 amide bonds. The van der Waals surface area contributed by atoms with Gasteiger partial charge in [-0.2, -0.15) is 8.75 Å². The smallest absolute Gasteiger partial charge is 0.114 e. The average molecular weight is 737 g/mol. The van der Waals surface area contributed by atoms with Gasteiger partial charge in [0.05, 0.1) is 11.7 Å². The van der Waals surface area contributed by atoms with Gasteiger partial charge in [0.25, 0.3) is 0 Å². The van der Waals surface area contributed by atoms with E-state index < -0.39 is 0 Å². The molecule has 0 saturated heterocycles. The van der Waals surface area contributed by atoms with Crippen LogP contribution in [0.25, 0.3) is 72.3 Å². The van der Waals surface area contributed by atoms with Crippen LogP contribution >= 0.6 is 57.1 Å². The van der Waals surface area contributed by atoms with Crippen molar-refractivity contribution in [1.29, 1.82) is 0 Å². The van der Waals surface area contributed by atoms with Crippen LogP contribution in [0.1, 0.15) is 105 Å². The third kappa shape index (κ3) is 5.17. The summed E-state index contributed by atoms with van der Waals surface area (Å²) >= 11 is 8.97. The Labute approximate surface area is 310 Å². The van der Waals surface area contributed by atoms with Gasteiger partial charge in [-0.05, 0) is 100 Å². The van der Waals surface area contributed by atoms with E-state index in [2.05, 4.69) is 130 Å². The molecule has 0 atom stereocenters. The van der Waals surface area contributed by atoms with E-state index in [-0.39, 0.29) is 21.7 Å². The van der Waals surface area contributed by atoms with E-state index >= 15 is 0 Å². The van der Waals surface area contributed by atoms with Crippen LogP contribution in [0.15, 0.2) is 47.2 Å². The topological polar surface area (TPSA) is 25.8 Å². The van der Waals surface area contributed by atoms with E-state index in [0.29, 0.717) is 0 Å². The summed E-state index contributed by atoms with van der Waals surface area (Å²) in [5.41, 5.74) is 10.3. The molecule has 0 bridgehead atoms. The number of thiophene rings is 4. The molecule has 8 rings (SSSR count). The van der Waals surface area contributed by atoms with E-state index in [0.717, 1.165) is 11.0 Å². The normalized spacial score (nSPS) is 13.7. The van der Waals surface area contributed by atoms with E-state index in [4.69, 9.17) is 8.75 Å². The Morgan fingerprint density at radius 2 is 0.776 bits per heavy atom. The summed E-state index contributed by atoms with van der Waals surface area (Å²) in [5, 5.41) is 10.1. The van der Waals surface area contributed by atoms with Crippen molar-refractivity contribution < 1.29 is 0 Å². The molecular weight excluding hydrogens is 693 g/mol. The molecule has 5 heterocycles. The molecule has 0 unspecified atom stereocenters. The average Bonchev–Trinajstić information content (AvgIpc) is 3.80. The molecule has 0 aliphatic rings. The zero-order chi connectivity index (χ0) is 35.0. The Bertz CT molecular complexity index is 2280. The van der Waals surface area contributed by atoms with Gasteiger partial charge in [0.2, 0.25) is 0 Å². The standard InChI is InChI=1S/C42H44N2S5/c1-39(2,3)29-23-15-17-45-35(23)31(41(7,8)9)25-19-27(47-37(25)29)21-13-14-22(34-33(21)43-49-44-34)28-20-26-32(42(10,11)12)36-24(16-18-46-36)30(38(26)48-28)40(4,5)6/h13-20H,1-12H3. The first kappa shape index (κ1) is 33.5. The number of rotatable bonds is 2. The first-order chi connectivity index (χ1) is 22.9. The molecule has 3 aromatic carbocycles. The second kappa shape index (κ2) is 10.9. The maximum atomic E-state index is 4.99. The second-order valence-electron chi connectivity index (χ2n) is 17.7. The van der Waals surface area contributed by atoms with Gasteiger partial charge < -0.3 is 0 Å². The predicted octanol–water partition coefficient (Wildman–Crippen LogP) is 15.1. The minimum absolute atomic E-state index is 0.0188. The summed E-state index contributed by atoms with van der Waals surface area (Å²) in [6, 6.07) is 14.2. The quantitative estimate of drug-likeness (QED) is 0.177. The minimum atomic E-state index is 0.0188. The Balaban J connectivity index is 1.38. The highest BCUT2D eigenvalue weighted by molar-refractivity contribution is 7.24. The van der Waals surface area contributed by atoms with Crippen molar-refractivity contribution in [3.8, 4) is 20.9 Å². The van der Waals surface area contributed by atoms with Crippen LogP contribution in [0, 0.1) is 0 Å². The molecule has 252 valence electrons. The van der Waals surface area contributed by atoms with Crippen LogP contribution < -0.4 is 0 Å². The Hall–Kier alpha value is -2.68. The highest BCUT2D eigenvalue weighted by Gasteiger charge is 2.32. The fourth-order valence-electron chi connectivity index (χ4n) is 7.92. The van der Waals surface area contributed by atoms with Gasteiger partial charge in [-0.1, -0.05) is 95.2 Å². The zero-order valence-corrected chi connectivity index (χ0v) is 34.6. The van der Waals surface area contributed by atoms with Crippen molar-refractivity contribution in [3.05, 3.63) is 69.4 Å². The number of hydrogen-bond donors (Lipinski definition) is 0. The molecule has 5 aromatic heterocycles. The molecule has 0 saturated carbocycles. The Morgan fingerprint density at radius 3 is 1.12 bits per heavy atom. The summed E-state index contributed by atoms with van der Waals surface area (Å²) in [7, 11) is 0. The lowest BCUT2D eigenvalue weighted by Crippen LogP contribution is -2.16. The van der Waals surface area contributed by atoms with Gasteiger partial charge in [-0.25, -0.2) is 0 Å². The molecule has 0 N–H and O–H groups in total. The first-order valence-corrected chi connectivity index (χ1v) is 21.2. The predicted molar refractivity (Wildman–Crippen MR) is 225 cm³/mol. The van der Waals surface area contributed by atoms with E-state index in [9.17, 15) is 0 Å². The zero-order valence-electron chi connectivity index (χ0n) is 30.6. The first-order valence-electron chi connectivity index (χ1n) is 17.1. The highest BCUT2D eigenvalue weighted by Crippen LogP contribution is 2.53. The lowest BCUT2D eigenvalue weighted by Gasteiger charge is -2.27. The van der Waals surface area contributed by atoms with Crippen LogP contribution in [0.4, 0.5) is 0 Å².